The van der Waals surface area contributed by atoms with E-state index in [1.807, 2.05) is 0 Å². The molecule has 13 heteroatoms. The van der Waals surface area contributed by atoms with E-state index in [0.29, 0.717) is 22.4 Å². The number of aliphatic hydroxyl groups is 4. The van der Waals surface area contributed by atoms with Gasteiger partial charge in [-0.25, -0.2) is 9.48 Å². The number of aromatic nitrogens is 3. The number of fused-ring (bicyclic) bond motifs is 2. The highest BCUT2D eigenvalue weighted by Crippen LogP contribution is 2.38. The smallest absolute Gasteiger partial charge is 0.336 e. The Morgan fingerprint density at radius 2 is 1.89 bits per heavy atom. The van der Waals surface area contributed by atoms with Crippen molar-refractivity contribution in [3.05, 3.63) is 52.3 Å². The number of ether oxygens (including phenoxy) is 3. The van der Waals surface area contributed by atoms with Crippen molar-refractivity contribution in [1.29, 1.82) is 0 Å². The molecular weight excluding hydrogens is 466 g/mol. The van der Waals surface area contributed by atoms with Crippen LogP contribution in [0.5, 0.6) is 5.75 Å². The van der Waals surface area contributed by atoms with E-state index in [4.69, 9.17) is 23.0 Å². The monoisotopic (exact) mass is 489 g/mol. The Morgan fingerprint density at radius 3 is 2.66 bits per heavy atom. The van der Waals surface area contributed by atoms with Crippen LogP contribution in [0.15, 0.2) is 44.3 Å². The number of aliphatic hydroxyl groups excluding tert-OH is 4. The molecule has 35 heavy (non-hydrogen) atoms. The van der Waals surface area contributed by atoms with Crippen LogP contribution in [0, 0.1) is 0 Å². The van der Waals surface area contributed by atoms with Crippen molar-refractivity contribution in [1.82, 2.24) is 15.0 Å². The summed E-state index contributed by atoms with van der Waals surface area (Å²) in [4.78, 5) is 11.8. The molecule has 0 radical (unpaired) electrons. The van der Waals surface area contributed by atoms with Gasteiger partial charge in [0, 0.05) is 16.8 Å². The zero-order valence-corrected chi connectivity index (χ0v) is 18.5. The summed E-state index contributed by atoms with van der Waals surface area (Å²) in [7, 11) is 1.46. The predicted octanol–water partition coefficient (Wildman–Crippen LogP) is -0.496. The summed E-state index contributed by atoms with van der Waals surface area (Å²) >= 11 is 0. The first-order valence-corrected chi connectivity index (χ1v) is 10.7. The third kappa shape index (κ3) is 4.18. The van der Waals surface area contributed by atoms with Gasteiger partial charge in [-0.1, -0.05) is 5.21 Å². The van der Waals surface area contributed by atoms with Gasteiger partial charge in [0.25, 0.3) is 0 Å². The fourth-order valence-corrected chi connectivity index (χ4v) is 4.17. The van der Waals surface area contributed by atoms with Crippen molar-refractivity contribution in [3.63, 3.8) is 0 Å². The molecule has 1 aliphatic heterocycles. The van der Waals surface area contributed by atoms with Gasteiger partial charge >= 0.3 is 5.63 Å². The molecule has 0 unspecified atom stereocenters. The van der Waals surface area contributed by atoms with Crippen molar-refractivity contribution in [2.45, 2.75) is 43.9 Å². The van der Waals surface area contributed by atoms with Crippen LogP contribution in [-0.2, 0) is 22.6 Å². The van der Waals surface area contributed by atoms with E-state index >= 15 is 0 Å². The second-order valence-corrected chi connectivity index (χ2v) is 8.09. The zero-order valence-electron chi connectivity index (χ0n) is 18.5. The molecule has 13 nitrogen and oxygen atoms in total. The summed E-state index contributed by atoms with van der Waals surface area (Å²) in [5, 5.41) is 48.7. The third-order valence-corrected chi connectivity index (χ3v) is 5.92. The molecule has 3 aromatic heterocycles. The van der Waals surface area contributed by atoms with E-state index < -0.39 is 42.9 Å². The summed E-state index contributed by atoms with van der Waals surface area (Å²) in [5.41, 5.74) is 1.31. The molecule has 1 aliphatic rings. The Balaban J connectivity index is 1.38. The van der Waals surface area contributed by atoms with E-state index in [0.717, 1.165) is 10.9 Å². The van der Waals surface area contributed by atoms with Gasteiger partial charge in [0.2, 0.25) is 5.75 Å². The van der Waals surface area contributed by atoms with Crippen LogP contribution in [0.1, 0.15) is 11.3 Å². The van der Waals surface area contributed by atoms with Gasteiger partial charge < -0.3 is 43.5 Å². The number of hydrogen-bond acceptors (Lipinski definition) is 12. The minimum Gasteiger partial charge on any atom is -0.490 e. The Labute approximate surface area is 196 Å². The normalized spacial score (nSPS) is 24.9. The number of nitrogens with zero attached hydrogens (tertiary/aromatic N) is 3. The van der Waals surface area contributed by atoms with Crippen LogP contribution in [0.3, 0.4) is 0 Å². The number of hydrogen-bond donors (Lipinski definition) is 4. The molecule has 4 N–H and O–H groups in total. The number of methoxy groups -OCH3 is 1. The van der Waals surface area contributed by atoms with Crippen LogP contribution < -0.4 is 10.4 Å². The molecule has 1 fully saturated rings. The van der Waals surface area contributed by atoms with Gasteiger partial charge in [0.1, 0.15) is 30.1 Å². The van der Waals surface area contributed by atoms with Gasteiger partial charge in [-0.05, 0) is 17.7 Å². The first-order chi connectivity index (χ1) is 16.9. The average molecular weight is 489 g/mol. The van der Waals surface area contributed by atoms with E-state index in [-0.39, 0.29) is 18.7 Å². The average Bonchev–Trinajstić information content (AvgIpc) is 3.52. The van der Waals surface area contributed by atoms with Crippen LogP contribution >= 0.6 is 0 Å². The Kier molecular flexibility index (Phi) is 6.27. The first-order valence-electron chi connectivity index (χ1n) is 10.7. The molecule has 0 bridgehead atoms. The molecule has 5 rings (SSSR count). The van der Waals surface area contributed by atoms with Crippen molar-refractivity contribution < 1.29 is 43.5 Å². The second kappa shape index (κ2) is 9.37. The van der Waals surface area contributed by atoms with Crippen molar-refractivity contribution in [3.8, 4) is 5.75 Å². The molecule has 1 aromatic carbocycles. The number of rotatable bonds is 7. The van der Waals surface area contributed by atoms with Crippen molar-refractivity contribution in [2.24, 2.45) is 0 Å². The summed E-state index contributed by atoms with van der Waals surface area (Å²) in [5.74, 6) is 0.314. The molecule has 0 saturated carbocycles. The van der Waals surface area contributed by atoms with Gasteiger partial charge in [0.15, 0.2) is 17.5 Å². The quantitative estimate of drug-likeness (QED) is 0.245. The lowest BCUT2D eigenvalue weighted by molar-refractivity contribution is -0.304. The van der Waals surface area contributed by atoms with Crippen LogP contribution in [-0.4, -0.2) is 79.8 Å². The minimum absolute atomic E-state index is 0.123. The van der Waals surface area contributed by atoms with Crippen LogP contribution in [0.2, 0.25) is 0 Å². The molecule has 0 aliphatic carbocycles. The predicted molar refractivity (Wildman–Crippen MR) is 116 cm³/mol. The summed E-state index contributed by atoms with van der Waals surface area (Å²) in [6, 6.07) is 4.74. The van der Waals surface area contributed by atoms with Crippen molar-refractivity contribution in [2.75, 3.05) is 13.7 Å². The fourth-order valence-electron chi connectivity index (χ4n) is 4.17. The molecular formula is C22H23N3O10. The van der Waals surface area contributed by atoms with Crippen molar-refractivity contribution >= 4 is 21.9 Å². The van der Waals surface area contributed by atoms with E-state index in [1.54, 1.807) is 23.0 Å². The van der Waals surface area contributed by atoms with E-state index in [9.17, 15) is 25.2 Å². The summed E-state index contributed by atoms with van der Waals surface area (Å²) < 4.78 is 28.8. The lowest BCUT2D eigenvalue weighted by Crippen LogP contribution is -2.59. The zero-order chi connectivity index (χ0) is 24.7. The molecule has 4 aromatic rings. The van der Waals surface area contributed by atoms with Crippen LogP contribution in [0.4, 0.5) is 0 Å². The molecule has 186 valence electrons. The van der Waals surface area contributed by atoms with Gasteiger partial charge in [-0.15, -0.1) is 5.10 Å². The topological polar surface area (TPSA) is 183 Å². The SMILES string of the molecule is COc1c2occc2c(Cn2cc(CO[C@@H]3O[C@H](CO)[C@H](O)[C@H](O)[C@H]3O)nn2)c2ccc(=O)oc12. The van der Waals surface area contributed by atoms with Gasteiger partial charge in [-0.2, -0.15) is 0 Å². The highest BCUT2D eigenvalue weighted by Gasteiger charge is 2.44. The van der Waals surface area contributed by atoms with E-state index in [1.165, 1.54) is 19.4 Å². The largest absolute Gasteiger partial charge is 0.490 e. The summed E-state index contributed by atoms with van der Waals surface area (Å²) in [6.45, 7) is -0.432. The molecule has 0 amide bonds. The lowest BCUT2D eigenvalue weighted by atomic mass is 9.99. The molecule has 1 saturated heterocycles. The Morgan fingerprint density at radius 1 is 1.09 bits per heavy atom. The Bertz CT molecular complexity index is 1390. The number of benzene rings is 1. The van der Waals surface area contributed by atoms with E-state index in [2.05, 4.69) is 10.3 Å². The maximum Gasteiger partial charge on any atom is 0.336 e. The van der Waals surface area contributed by atoms with Gasteiger partial charge in [0.05, 0.1) is 39.3 Å². The maximum atomic E-state index is 11.8. The molecule has 5 atom stereocenters. The minimum atomic E-state index is -1.54. The summed E-state index contributed by atoms with van der Waals surface area (Å²) in [6.07, 6.45) is -3.76. The molecule has 4 heterocycles. The highest BCUT2D eigenvalue weighted by atomic mass is 16.7. The standard InChI is InChI=1S/C22H23N3O10/c1-31-21-19-12(4-5-32-19)13(11-2-3-15(27)35-20(11)21)7-25-6-10(23-24-25)9-33-22-18(30)17(29)16(28)14(8-26)34-22/h2-6,14,16-18,22,26,28-30H,7-9H2,1H3/t14-,16+,17+,18-,22-/m1/s1. The fraction of sp³-hybridized carbons (Fsp3) is 0.409. The van der Waals surface area contributed by atoms with Gasteiger partial charge in [-0.3, -0.25) is 0 Å². The maximum absolute atomic E-state index is 11.8. The molecule has 0 spiro atoms. The van der Waals surface area contributed by atoms with Crippen LogP contribution in [0.25, 0.3) is 21.9 Å². The Hall–Kier alpha value is -3.33. The first kappa shape index (κ1) is 23.4. The number of furan rings is 1. The third-order valence-electron chi connectivity index (χ3n) is 5.92. The highest BCUT2D eigenvalue weighted by molar-refractivity contribution is 6.03. The second-order valence-electron chi connectivity index (χ2n) is 8.09. The lowest BCUT2D eigenvalue weighted by Gasteiger charge is -2.39.